The summed E-state index contributed by atoms with van der Waals surface area (Å²) in [5, 5.41) is 2.68. The van der Waals surface area contributed by atoms with E-state index in [0.29, 0.717) is 5.92 Å². The van der Waals surface area contributed by atoms with Crippen LogP contribution in [0, 0.1) is 0 Å². The third kappa shape index (κ3) is 2.42. The zero-order valence-electron chi connectivity index (χ0n) is 16.2. The molecule has 0 saturated carbocycles. The third-order valence-electron chi connectivity index (χ3n) is 6.31. The van der Waals surface area contributed by atoms with Crippen molar-refractivity contribution in [2.75, 3.05) is 0 Å². The highest BCUT2D eigenvalue weighted by Gasteiger charge is 2.46. The number of rotatable bonds is 2. The lowest BCUT2D eigenvalue weighted by Crippen LogP contribution is -2.23. The summed E-state index contributed by atoms with van der Waals surface area (Å²) >= 11 is 2.02. The molecule has 0 fully saturated rings. The molecule has 0 spiro atoms. The first kappa shape index (κ1) is 16.9. The molecule has 1 aliphatic heterocycles. The van der Waals surface area contributed by atoms with E-state index in [2.05, 4.69) is 109 Å². The van der Waals surface area contributed by atoms with E-state index in [4.69, 9.17) is 0 Å². The molecule has 1 nitrogen and oxygen atoms in total. The zero-order valence-corrected chi connectivity index (χ0v) is 17.0. The Balaban J connectivity index is 1.68. The van der Waals surface area contributed by atoms with Crippen LogP contribution in [-0.2, 0) is 4.75 Å². The van der Waals surface area contributed by atoms with Gasteiger partial charge in [-0.25, -0.2) is 0 Å². The van der Waals surface area contributed by atoms with Crippen LogP contribution < -0.4 is 0 Å². The van der Waals surface area contributed by atoms with E-state index in [9.17, 15) is 0 Å². The summed E-state index contributed by atoms with van der Waals surface area (Å²) < 4.78 is -0.0579. The molecule has 1 aliphatic rings. The van der Waals surface area contributed by atoms with Crippen LogP contribution in [0.25, 0.3) is 21.8 Å². The Hall–Kier alpha value is -2.97. The number of thioether (sulfide) groups is 1. The number of aromatic amines is 1. The Morgan fingerprint density at radius 1 is 0.724 bits per heavy atom. The van der Waals surface area contributed by atoms with Crippen LogP contribution in [0.5, 0.6) is 0 Å². The van der Waals surface area contributed by atoms with Crippen molar-refractivity contribution in [1.29, 1.82) is 0 Å². The van der Waals surface area contributed by atoms with Crippen LogP contribution in [0.1, 0.15) is 29.5 Å². The summed E-state index contributed by atoms with van der Waals surface area (Å²) in [6.45, 7) is 2.41. The van der Waals surface area contributed by atoms with Crippen LogP contribution in [0.3, 0.4) is 0 Å². The lowest BCUT2D eigenvalue weighted by Gasteiger charge is -2.32. The summed E-state index contributed by atoms with van der Waals surface area (Å²) in [6, 6.07) is 35.2. The van der Waals surface area contributed by atoms with E-state index in [1.165, 1.54) is 43.4 Å². The molecule has 1 aromatic heterocycles. The van der Waals surface area contributed by atoms with Gasteiger partial charge in [0.15, 0.2) is 0 Å². The number of aromatic nitrogens is 1. The monoisotopic (exact) mass is 391 g/mol. The van der Waals surface area contributed by atoms with E-state index in [1.54, 1.807) is 0 Å². The number of hydrogen-bond acceptors (Lipinski definition) is 1. The van der Waals surface area contributed by atoms with E-state index in [0.717, 1.165) is 0 Å². The van der Waals surface area contributed by atoms with Gasteiger partial charge in [-0.2, -0.15) is 0 Å². The fourth-order valence-electron chi connectivity index (χ4n) is 4.97. The van der Waals surface area contributed by atoms with E-state index < -0.39 is 0 Å². The molecule has 0 bridgehead atoms. The van der Waals surface area contributed by atoms with Gasteiger partial charge in [-0.3, -0.25) is 0 Å². The summed E-state index contributed by atoms with van der Waals surface area (Å²) in [4.78, 5) is 5.03. The highest BCUT2D eigenvalue weighted by atomic mass is 32.2. The van der Waals surface area contributed by atoms with Crippen molar-refractivity contribution < 1.29 is 0 Å². The van der Waals surface area contributed by atoms with Gasteiger partial charge in [0, 0.05) is 32.6 Å². The highest BCUT2D eigenvalue weighted by Crippen LogP contribution is 2.62. The Kier molecular flexibility index (Phi) is 3.66. The van der Waals surface area contributed by atoms with Crippen molar-refractivity contribution in [2.24, 2.45) is 0 Å². The Labute approximate surface area is 174 Å². The number of hydrogen-bond donors (Lipinski definition) is 1. The molecule has 0 saturated heterocycles. The van der Waals surface area contributed by atoms with Crippen molar-refractivity contribution in [3.8, 4) is 0 Å². The van der Waals surface area contributed by atoms with Crippen molar-refractivity contribution in [3.05, 3.63) is 114 Å². The molecule has 0 aliphatic carbocycles. The molecule has 0 amide bonds. The first-order valence-corrected chi connectivity index (χ1v) is 10.9. The van der Waals surface area contributed by atoms with Gasteiger partial charge in [0.25, 0.3) is 0 Å². The van der Waals surface area contributed by atoms with Crippen molar-refractivity contribution in [3.63, 3.8) is 0 Å². The number of nitrogens with one attached hydrogen (secondary N) is 1. The second-order valence-corrected chi connectivity index (χ2v) is 9.46. The smallest absolute Gasteiger partial charge is 0.0536 e. The van der Waals surface area contributed by atoms with Gasteiger partial charge in [-0.1, -0.05) is 84.9 Å². The zero-order chi connectivity index (χ0) is 19.4. The van der Waals surface area contributed by atoms with Crippen LogP contribution in [-0.4, -0.2) is 4.98 Å². The van der Waals surface area contributed by atoms with Gasteiger partial charge in [0.1, 0.15) is 0 Å². The van der Waals surface area contributed by atoms with E-state index in [1.807, 2.05) is 11.8 Å². The first-order chi connectivity index (χ1) is 14.3. The fourth-order valence-corrected chi connectivity index (χ4v) is 6.65. The predicted molar refractivity (Wildman–Crippen MR) is 124 cm³/mol. The minimum Gasteiger partial charge on any atom is -0.354 e. The second-order valence-electron chi connectivity index (χ2n) is 8.00. The quantitative estimate of drug-likeness (QED) is 0.330. The summed E-state index contributed by atoms with van der Waals surface area (Å²) in [7, 11) is 0. The number of para-hydroxylation sites is 1. The standard InChI is InChI=1S/C27H21NS/c1-27(19-12-6-3-7-13-19)25(18-10-4-2-5-11-18)21-16-17-23-24(26(21)29-27)20-14-8-9-15-22(20)28-23/h2-17,25,28H,1H3. The molecule has 140 valence electrons. The Bertz CT molecular complexity index is 1340. The largest absolute Gasteiger partial charge is 0.354 e. The first-order valence-electron chi connectivity index (χ1n) is 10.1. The lowest BCUT2D eigenvalue weighted by molar-refractivity contribution is 0.612. The van der Waals surface area contributed by atoms with Gasteiger partial charge in [0.2, 0.25) is 0 Å². The van der Waals surface area contributed by atoms with Gasteiger partial charge in [-0.05, 0) is 35.7 Å². The summed E-state index contributed by atoms with van der Waals surface area (Å²) in [6.07, 6.45) is 0. The molecular formula is C27H21NS. The molecule has 2 atom stereocenters. The van der Waals surface area contributed by atoms with Gasteiger partial charge in [0.05, 0.1) is 4.75 Å². The van der Waals surface area contributed by atoms with Crippen molar-refractivity contribution >= 4 is 33.6 Å². The maximum atomic E-state index is 3.62. The van der Waals surface area contributed by atoms with Crippen molar-refractivity contribution in [2.45, 2.75) is 22.5 Å². The number of benzene rings is 4. The van der Waals surface area contributed by atoms with Crippen LogP contribution in [0.15, 0.2) is 102 Å². The fraction of sp³-hybridized carbons (Fsp3) is 0.111. The van der Waals surface area contributed by atoms with Gasteiger partial charge in [-0.15, -0.1) is 11.8 Å². The molecule has 2 heteroatoms. The van der Waals surface area contributed by atoms with Crippen LogP contribution >= 0.6 is 11.8 Å². The predicted octanol–water partition coefficient (Wildman–Crippen LogP) is 7.47. The molecule has 2 unspecified atom stereocenters. The van der Waals surface area contributed by atoms with Crippen molar-refractivity contribution in [1.82, 2.24) is 4.98 Å². The Morgan fingerprint density at radius 2 is 1.41 bits per heavy atom. The Morgan fingerprint density at radius 3 is 2.21 bits per heavy atom. The second kappa shape index (κ2) is 6.27. The molecule has 1 N–H and O–H groups in total. The minimum atomic E-state index is -0.0579. The molecule has 29 heavy (non-hydrogen) atoms. The maximum Gasteiger partial charge on any atom is 0.0536 e. The average molecular weight is 392 g/mol. The van der Waals surface area contributed by atoms with E-state index >= 15 is 0 Å². The van der Waals surface area contributed by atoms with Gasteiger partial charge < -0.3 is 4.98 Å². The third-order valence-corrected chi connectivity index (χ3v) is 7.85. The lowest BCUT2D eigenvalue weighted by atomic mass is 9.77. The molecule has 6 rings (SSSR count). The molecule has 5 aromatic rings. The van der Waals surface area contributed by atoms with Crippen LogP contribution in [0.2, 0.25) is 0 Å². The average Bonchev–Trinajstić information content (AvgIpc) is 3.30. The molecule has 2 heterocycles. The summed E-state index contributed by atoms with van der Waals surface area (Å²) in [5.41, 5.74) is 6.62. The normalized spacial score (nSPS) is 20.9. The summed E-state index contributed by atoms with van der Waals surface area (Å²) in [5.74, 6) is 0.309. The molecule has 4 aromatic carbocycles. The maximum absolute atomic E-state index is 3.62. The topological polar surface area (TPSA) is 15.8 Å². The highest BCUT2D eigenvalue weighted by molar-refractivity contribution is 8.00. The number of fused-ring (bicyclic) bond motifs is 5. The van der Waals surface area contributed by atoms with Crippen LogP contribution in [0.4, 0.5) is 0 Å². The van der Waals surface area contributed by atoms with E-state index in [-0.39, 0.29) is 4.75 Å². The minimum absolute atomic E-state index is 0.0579. The van der Waals surface area contributed by atoms with Gasteiger partial charge >= 0.3 is 0 Å². The SMILES string of the molecule is CC1(c2ccccc2)Sc2c(ccc3[nH]c4ccccc4c23)C1c1ccccc1. The number of H-pyrrole nitrogens is 1. The molecular weight excluding hydrogens is 370 g/mol. The molecule has 0 radical (unpaired) electrons.